The third-order valence-corrected chi connectivity index (χ3v) is 2.35. The third-order valence-electron chi connectivity index (χ3n) is 2.35. The van der Waals surface area contributed by atoms with Crippen molar-refractivity contribution in [3.05, 3.63) is 29.3 Å². The molecule has 0 spiro atoms. The number of primary amides is 1. The second kappa shape index (κ2) is 5.31. The van der Waals surface area contributed by atoms with Gasteiger partial charge in [0.05, 0.1) is 11.3 Å². The van der Waals surface area contributed by atoms with Crippen molar-refractivity contribution in [2.75, 3.05) is 5.43 Å². The number of nitrogens with one attached hydrogen (secondary N) is 2. The Kier molecular flexibility index (Phi) is 4.06. The highest BCUT2D eigenvalue weighted by atomic mass is 16.2. The molecule has 17 heavy (non-hydrogen) atoms. The average molecular weight is 236 g/mol. The summed E-state index contributed by atoms with van der Waals surface area (Å²) in [6.45, 7) is 3.38. The largest absolute Gasteiger partial charge is 0.368 e. The van der Waals surface area contributed by atoms with Crippen LogP contribution in [0.25, 0.3) is 0 Å². The maximum atomic E-state index is 11.9. The molecule has 6 N–H and O–H groups in total. The molecule has 0 aliphatic heterocycles. The van der Waals surface area contributed by atoms with Gasteiger partial charge in [-0.15, -0.1) is 0 Å². The summed E-state index contributed by atoms with van der Waals surface area (Å²) in [4.78, 5) is 22.7. The van der Waals surface area contributed by atoms with Gasteiger partial charge in [-0.05, 0) is 26.0 Å². The Bertz CT molecular complexity index is 445. The summed E-state index contributed by atoms with van der Waals surface area (Å²) in [6, 6.07) is 4.47. The second-order valence-electron chi connectivity index (χ2n) is 3.79. The van der Waals surface area contributed by atoms with Gasteiger partial charge in [-0.1, -0.05) is 11.6 Å². The smallest absolute Gasteiger partial charge is 0.254 e. The number of rotatable bonds is 4. The van der Waals surface area contributed by atoms with E-state index in [1.807, 2.05) is 13.0 Å². The summed E-state index contributed by atoms with van der Waals surface area (Å²) >= 11 is 0. The summed E-state index contributed by atoms with van der Waals surface area (Å²) in [5.74, 6) is 4.32. The molecule has 0 fully saturated rings. The highest BCUT2D eigenvalue weighted by Crippen LogP contribution is 2.16. The zero-order chi connectivity index (χ0) is 13.0. The van der Waals surface area contributed by atoms with Crippen molar-refractivity contribution in [1.29, 1.82) is 0 Å². The molecule has 6 nitrogen and oxygen atoms in total. The number of nitrogens with two attached hydrogens (primary N) is 2. The first kappa shape index (κ1) is 13.0. The van der Waals surface area contributed by atoms with Gasteiger partial charge in [-0.2, -0.15) is 0 Å². The van der Waals surface area contributed by atoms with Gasteiger partial charge in [0, 0.05) is 0 Å². The van der Waals surface area contributed by atoms with E-state index in [0.29, 0.717) is 11.3 Å². The molecule has 1 aromatic carbocycles. The maximum absolute atomic E-state index is 11.9. The Balaban J connectivity index is 2.95. The minimum atomic E-state index is -0.728. The van der Waals surface area contributed by atoms with Crippen molar-refractivity contribution in [2.24, 2.45) is 11.6 Å². The average Bonchev–Trinajstić information content (AvgIpc) is 2.28. The zero-order valence-corrected chi connectivity index (χ0v) is 9.78. The van der Waals surface area contributed by atoms with Crippen LogP contribution in [0.15, 0.2) is 18.2 Å². The topological polar surface area (TPSA) is 110 Å². The van der Waals surface area contributed by atoms with Crippen LogP contribution in [0, 0.1) is 6.92 Å². The van der Waals surface area contributed by atoms with Crippen LogP contribution < -0.4 is 22.3 Å². The number of aryl methyl sites for hydroxylation is 1. The van der Waals surface area contributed by atoms with Gasteiger partial charge in [-0.25, -0.2) is 0 Å². The normalized spacial score (nSPS) is 11.7. The number of hydrogen-bond acceptors (Lipinski definition) is 4. The fraction of sp³-hybridized carbons (Fsp3) is 0.273. The van der Waals surface area contributed by atoms with Crippen molar-refractivity contribution < 1.29 is 9.59 Å². The molecule has 0 saturated heterocycles. The molecule has 1 aromatic rings. The van der Waals surface area contributed by atoms with E-state index in [1.54, 1.807) is 12.1 Å². The number of hydrazine groups is 1. The van der Waals surface area contributed by atoms with Crippen molar-refractivity contribution in [3.63, 3.8) is 0 Å². The fourth-order valence-corrected chi connectivity index (χ4v) is 1.32. The molecule has 0 heterocycles. The first-order valence-electron chi connectivity index (χ1n) is 5.13. The Morgan fingerprint density at radius 2 is 2.00 bits per heavy atom. The summed E-state index contributed by atoms with van der Waals surface area (Å²) in [5.41, 5.74) is 9.28. The highest BCUT2D eigenvalue weighted by Gasteiger charge is 2.16. The standard InChI is InChI=1S/C11H16N4O2/c1-6-3-4-9(15-13)8(5-6)11(17)14-7(2)10(12)16/h3-5,7,15H,13H2,1-2H3,(H2,12,16)(H,14,17). The van der Waals surface area contributed by atoms with Crippen molar-refractivity contribution in [3.8, 4) is 0 Å². The van der Waals surface area contributed by atoms with Crippen LogP contribution in [-0.4, -0.2) is 17.9 Å². The molecule has 0 saturated carbocycles. The summed E-state index contributed by atoms with van der Waals surface area (Å²) in [7, 11) is 0. The number of amides is 2. The van der Waals surface area contributed by atoms with Crippen LogP contribution in [0.3, 0.4) is 0 Å². The van der Waals surface area contributed by atoms with Crippen molar-refractivity contribution >= 4 is 17.5 Å². The summed E-state index contributed by atoms with van der Waals surface area (Å²) in [6.07, 6.45) is 0. The van der Waals surface area contributed by atoms with E-state index >= 15 is 0 Å². The van der Waals surface area contributed by atoms with E-state index in [4.69, 9.17) is 11.6 Å². The molecular weight excluding hydrogens is 220 g/mol. The van der Waals surface area contributed by atoms with Crippen molar-refractivity contribution in [2.45, 2.75) is 19.9 Å². The molecule has 1 unspecified atom stereocenters. The number of carbonyl (C=O) groups is 2. The molecule has 2 amide bonds. The molecule has 0 radical (unpaired) electrons. The number of anilines is 1. The molecule has 0 aromatic heterocycles. The number of nitrogen functional groups attached to an aromatic ring is 1. The van der Waals surface area contributed by atoms with Crippen molar-refractivity contribution in [1.82, 2.24) is 5.32 Å². The Labute approximate surface area is 99.3 Å². The van der Waals surface area contributed by atoms with E-state index in [2.05, 4.69) is 10.7 Å². The Morgan fingerprint density at radius 1 is 1.35 bits per heavy atom. The highest BCUT2D eigenvalue weighted by molar-refractivity contribution is 6.01. The molecule has 0 bridgehead atoms. The van der Waals surface area contributed by atoms with Crippen LogP contribution in [0.5, 0.6) is 0 Å². The molecule has 6 heteroatoms. The van der Waals surface area contributed by atoms with E-state index < -0.39 is 17.9 Å². The van der Waals surface area contributed by atoms with Crippen LogP contribution in [0.1, 0.15) is 22.8 Å². The van der Waals surface area contributed by atoms with Gasteiger partial charge >= 0.3 is 0 Å². The lowest BCUT2D eigenvalue weighted by molar-refractivity contribution is -0.119. The first-order valence-corrected chi connectivity index (χ1v) is 5.13. The van der Waals surface area contributed by atoms with E-state index in [-0.39, 0.29) is 0 Å². The first-order chi connectivity index (χ1) is 7.95. The summed E-state index contributed by atoms with van der Waals surface area (Å²) in [5, 5.41) is 2.49. The SMILES string of the molecule is Cc1ccc(NN)c(C(=O)NC(C)C(N)=O)c1. The lowest BCUT2D eigenvalue weighted by Crippen LogP contribution is -2.42. The minimum absolute atomic E-state index is 0.376. The zero-order valence-electron chi connectivity index (χ0n) is 9.78. The van der Waals surface area contributed by atoms with Gasteiger partial charge in [0.25, 0.3) is 5.91 Å². The van der Waals surface area contributed by atoms with E-state index in [0.717, 1.165) is 5.56 Å². The van der Waals surface area contributed by atoms with E-state index in [1.165, 1.54) is 6.92 Å². The lowest BCUT2D eigenvalue weighted by atomic mass is 10.1. The van der Waals surface area contributed by atoms with Crippen LogP contribution in [0.2, 0.25) is 0 Å². The predicted octanol–water partition coefficient (Wildman–Crippen LogP) is -0.116. The van der Waals surface area contributed by atoms with E-state index in [9.17, 15) is 9.59 Å². The minimum Gasteiger partial charge on any atom is -0.368 e. The van der Waals surface area contributed by atoms with Gasteiger partial charge in [0.1, 0.15) is 6.04 Å². The van der Waals surface area contributed by atoms with Gasteiger partial charge in [-0.3, -0.25) is 15.4 Å². The fourth-order valence-electron chi connectivity index (χ4n) is 1.32. The molecule has 1 rings (SSSR count). The molecule has 92 valence electrons. The Morgan fingerprint density at radius 3 is 2.53 bits per heavy atom. The number of hydrogen-bond donors (Lipinski definition) is 4. The number of benzene rings is 1. The molecule has 0 aliphatic rings. The van der Waals surface area contributed by atoms with Crippen LogP contribution in [0.4, 0.5) is 5.69 Å². The van der Waals surface area contributed by atoms with Crippen LogP contribution >= 0.6 is 0 Å². The quantitative estimate of drug-likeness (QED) is 0.431. The van der Waals surface area contributed by atoms with Crippen LogP contribution in [-0.2, 0) is 4.79 Å². The van der Waals surface area contributed by atoms with Gasteiger partial charge in [0.15, 0.2) is 0 Å². The monoisotopic (exact) mass is 236 g/mol. The third kappa shape index (κ3) is 3.18. The Hall–Kier alpha value is -2.08. The predicted molar refractivity (Wildman–Crippen MR) is 65.1 cm³/mol. The van der Waals surface area contributed by atoms with Gasteiger partial charge < -0.3 is 16.5 Å². The second-order valence-corrected chi connectivity index (χ2v) is 3.79. The lowest BCUT2D eigenvalue weighted by Gasteiger charge is -2.13. The molecule has 0 aliphatic carbocycles. The van der Waals surface area contributed by atoms with Gasteiger partial charge in [0.2, 0.25) is 5.91 Å². The summed E-state index contributed by atoms with van der Waals surface area (Å²) < 4.78 is 0. The number of carbonyl (C=O) groups excluding carboxylic acids is 2. The molecular formula is C11H16N4O2. The molecule has 1 atom stereocenters. The maximum Gasteiger partial charge on any atom is 0.254 e.